The zero-order valence-corrected chi connectivity index (χ0v) is 11.6. The standard InChI is InChI=1S/C14H24N2O2/c1-4-16-13(12(18-3)10-15-16)14(17)8-5-6-11(2)7-9-14/h10-11,17H,4-9H2,1-3H3. The Bertz CT molecular complexity index is 381. The molecule has 2 rings (SSSR count). The summed E-state index contributed by atoms with van der Waals surface area (Å²) in [5.74, 6) is 1.41. The first-order valence-corrected chi connectivity index (χ1v) is 6.93. The molecule has 4 nitrogen and oxygen atoms in total. The van der Waals surface area contributed by atoms with Gasteiger partial charge in [0.05, 0.1) is 13.3 Å². The molecule has 1 heterocycles. The van der Waals surface area contributed by atoms with Crippen molar-refractivity contribution in [3.63, 3.8) is 0 Å². The molecule has 4 heteroatoms. The van der Waals surface area contributed by atoms with E-state index >= 15 is 0 Å². The third-order valence-corrected chi connectivity index (χ3v) is 4.10. The molecule has 1 saturated carbocycles. The summed E-state index contributed by atoms with van der Waals surface area (Å²) in [6.45, 7) is 5.06. The molecule has 1 aromatic heterocycles. The van der Waals surface area contributed by atoms with Crippen LogP contribution in [0.4, 0.5) is 0 Å². The van der Waals surface area contributed by atoms with Crippen molar-refractivity contribution in [3.05, 3.63) is 11.9 Å². The third-order valence-electron chi connectivity index (χ3n) is 4.10. The largest absolute Gasteiger partial charge is 0.493 e. The Kier molecular flexibility index (Phi) is 3.95. The predicted molar refractivity (Wildman–Crippen MR) is 70.6 cm³/mol. The monoisotopic (exact) mass is 252 g/mol. The predicted octanol–water partition coefficient (Wildman–Crippen LogP) is 2.70. The second kappa shape index (κ2) is 5.31. The summed E-state index contributed by atoms with van der Waals surface area (Å²) in [6.07, 6.45) is 6.65. The fourth-order valence-corrected chi connectivity index (χ4v) is 2.96. The van der Waals surface area contributed by atoms with E-state index in [0.29, 0.717) is 11.7 Å². The van der Waals surface area contributed by atoms with Crippen LogP contribution in [0, 0.1) is 5.92 Å². The van der Waals surface area contributed by atoms with Crippen molar-refractivity contribution in [2.45, 2.75) is 58.1 Å². The SMILES string of the molecule is CCn1ncc(OC)c1C1(O)CCCC(C)CC1. The molecule has 0 amide bonds. The minimum Gasteiger partial charge on any atom is -0.493 e. The van der Waals surface area contributed by atoms with E-state index in [1.165, 1.54) is 6.42 Å². The van der Waals surface area contributed by atoms with Crippen LogP contribution in [0.1, 0.15) is 51.6 Å². The molecule has 1 aromatic rings. The fourth-order valence-electron chi connectivity index (χ4n) is 2.96. The summed E-state index contributed by atoms with van der Waals surface area (Å²) in [6, 6.07) is 0. The van der Waals surface area contributed by atoms with E-state index in [4.69, 9.17) is 4.74 Å². The van der Waals surface area contributed by atoms with Gasteiger partial charge in [0.2, 0.25) is 0 Å². The number of hydrogen-bond acceptors (Lipinski definition) is 3. The number of rotatable bonds is 3. The minimum atomic E-state index is -0.775. The molecule has 0 aliphatic heterocycles. The molecule has 0 spiro atoms. The average molecular weight is 252 g/mol. The van der Waals surface area contributed by atoms with Crippen LogP contribution in [0.2, 0.25) is 0 Å². The molecule has 0 radical (unpaired) electrons. The van der Waals surface area contributed by atoms with Gasteiger partial charge in [-0.15, -0.1) is 0 Å². The Labute approximate surface area is 109 Å². The van der Waals surface area contributed by atoms with Crippen molar-refractivity contribution in [2.24, 2.45) is 5.92 Å². The Morgan fingerprint density at radius 3 is 2.94 bits per heavy atom. The van der Waals surface area contributed by atoms with Crippen molar-refractivity contribution in [1.29, 1.82) is 0 Å². The maximum atomic E-state index is 11.0. The van der Waals surface area contributed by atoms with Gasteiger partial charge in [-0.3, -0.25) is 4.68 Å². The minimum absolute atomic E-state index is 0.697. The van der Waals surface area contributed by atoms with Crippen LogP contribution in [-0.4, -0.2) is 22.0 Å². The lowest BCUT2D eigenvalue weighted by atomic mass is 9.89. The van der Waals surface area contributed by atoms with E-state index in [9.17, 15) is 5.11 Å². The van der Waals surface area contributed by atoms with Crippen LogP contribution in [0.5, 0.6) is 5.75 Å². The van der Waals surface area contributed by atoms with Gasteiger partial charge in [-0.05, 0) is 38.5 Å². The van der Waals surface area contributed by atoms with Crippen LogP contribution < -0.4 is 4.74 Å². The number of methoxy groups -OCH3 is 1. The molecule has 0 saturated heterocycles. The smallest absolute Gasteiger partial charge is 0.162 e. The van der Waals surface area contributed by atoms with Gasteiger partial charge < -0.3 is 9.84 Å². The van der Waals surface area contributed by atoms with Crippen LogP contribution in [-0.2, 0) is 12.1 Å². The van der Waals surface area contributed by atoms with Gasteiger partial charge in [-0.2, -0.15) is 5.10 Å². The number of hydrogen-bond donors (Lipinski definition) is 1. The number of aryl methyl sites for hydroxylation is 1. The molecule has 102 valence electrons. The lowest BCUT2D eigenvalue weighted by molar-refractivity contribution is 0.00894. The van der Waals surface area contributed by atoms with E-state index in [1.807, 2.05) is 11.6 Å². The molecule has 0 bridgehead atoms. The van der Waals surface area contributed by atoms with E-state index in [2.05, 4.69) is 12.0 Å². The zero-order chi connectivity index (χ0) is 13.2. The van der Waals surface area contributed by atoms with Gasteiger partial charge in [0, 0.05) is 6.54 Å². The number of aliphatic hydroxyl groups is 1. The van der Waals surface area contributed by atoms with Gasteiger partial charge in [0.1, 0.15) is 11.3 Å². The molecule has 1 N–H and O–H groups in total. The molecule has 2 unspecified atom stereocenters. The topological polar surface area (TPSA) is 47.3 Å². The summed E-state index contributed by atoms with van der Waals surface area (Å²) in [7, 11) is 1.64. The number of nitrogens with zero attached hydrogens (tertiary/aromatic N) is 2. The Balaban J connectivity index is 2.35. The van der Waals surface area contributed by atoms with E-state index in [-0.39, 0.29) is 0 Å². The van der Waals surface area contributed by atoms with E-state index in [1.54, 1.807) is 13.3 Å². The second-order valence-electron chi connectivity index (χ2n) is 5.44. The first-order chi connectivity index (χ1) is 8.60. The Hall–Kier alpha value is -1.03. The summed E-state index contributed by atoms with van der Waals surface area (Å²) >= 11 is 0. The summed E-state index contributed by atoms with van der Waals surface area (Å²) < 4.78 is 7.24. The summed E-state index contributed by atoms with van der Waals surface area (Å²) in [5, 5.41) is 15.3. The number of aromatic nitrogens is 2. The first-order valence-electron chi connectivity index (χ1n) is 6.93. The van der Waals surface area contributed by atoms with Crippen LogP contribution in [0.3, 0.4) is 0 Å². The van der Waals surface area contributed by atoms with Gasteiger partial charge in [0.25, 0.3) is 0 Å². The average Bonchev–Trinajstić information content (AvgIpc) is 2.72. The third kappa shape index (κ3) is 2.39. The van der Waals surface area contributed by atoms with Crippen molar-refractivity contribution >= 4 is 0 Å². The van der Waals surface area contributed by atoms with Gasteiger partial charge in [0.15, 0.2) is 5.75 Å². The highest BCUT2D eigenvalue weighted by atomic mass is 16.5. The zero-order valence-electron chi connectivity index (χ0n) is 11.6. The lowest BCUT2D eigenvalue weighted by Gasteiger charge is -2.28. The summed E-state index contributed by atoms with van der Waals surface area (Å²) in [4.78, 5) is 0. The van der Waals surface area contributed by atoms with Gasteiger partial charge >= 0.3 is 0 Å². The summed E-state index contributed by atoms with van der Waals surface area (Å²) in [5.41, 5.74) is 0.0874. The highest BCUT2D eigenvalue weighted by molar-refractivity contribution is 5.31. The quantitative estimate of drug-likeness (QED) is 0.841. The molecule has 1 fully saturated rings. The van der Waals surface area contributed by atoms with Crippen LogP contribution in [0.25, 0.3) is 0 Å². The van der Waals surface area contributed by atoms with Crippen molar-refractivity contribution < 1.29 is 9.84 Å². The lowest BCUT2D eigenvalue weighted by Crippen LogP contribution is -2.29. The molecular weight excluding hydrogens is 228 g/mol. The number of ether oxygens (including phenoxy) is 1. The fraction of sp³-hybridized carbons (Fsp3) is 0.786. The second-order valence-corrected chi connectivity index (χ2v) is 5.44. The highest BCUT2D eigenvalue weighted by Gasteiger charge is 2.37. The highest BCUT2D eigenvalue weighted by Crippen LogP contribution is 2.41. The maximum Gasteiger partial charge on any atom is 0.162 e. The van der Waals surface area contributed by atoms with Crippen molar-refractivity contribution in [1.82, 2.24) is 9.78 Å². The van der Waals surface area contributed by atoms with E-state index in [0.717, 1.165) is 37.9 Å². The maximum absolute atomic E-state index is 11.0. The van der Waals surface area contributed by atoms with Crippen LogP contribution in [0.15, 0.2) is 6.20 Å². The molecule has 2 atom stereocenters. The molecular formula is C14H24N2O2. The van der Waals surface area contributed by atoms with Gasteiger partial charge in [-0.1, -0.05) is 13.3 Å². The van der Waals surface area contributed by atoms with Crippen molar-refractivity contribution in [2.75, 3.05) is 7.11 Å². The normalized spacial score (nSPS) is 29.0. The molecule has 1 aliphatic carbocycles. The Morgan fingerprint density at radius 2 is 2.28 bits per heavy atom. The first kappa shape index (κ1) is 13.4. The Morgan fingerprint density at radius 1 is 1.50 bits per heavy atom. The molecule has 1 aliphatic rings. The molecule has 0 aromatic carbocycles. The van der Waals surface area contributed by atoms with Gasteiger partial charge in [-0.25, -0.2) is 0 Å². The van der Waals surface area contributed by atoms with E-state index < -0.39 is 5.60 Å². The van der Waals surface area contributed by atoms with Crippen molar-refractivity contribution in [3.8, 4) is 5.75 Å². The van der Waals surface area contributed by atoms with Crippen LogP contribution >= 0.6 is 0 Å². The molecule has 18 heavy (non-hydrogen) atoms.